The first-order valence-corrected chi connectivity index (χ1v) is 8.93. The minimum atomic E-state index is 0.528. The van der Waals surface area contributed by atoms with E-state index in [1.54, 1.807) is 0 Å². The molecule has 3 rings (SSSR count). The topological polar surface area (TPSA) is 26.1 Å². The Hall–Kier alpha value is -2.35. The molecule has 0 heterocycles. The molecule has 0 spiro atoms. The van der Waals surface area contributed by atoms with Crippen molar-refractivity contribution in [2.45, 2.75) is 32.1 Å². The van der Waals surface area contributed by atoms with Crippen LogP contribution in [0.5, 0.6) is 0 Å². The second-order valence-corrected chi connectivity index (χ2v) is 6.56. The molecule has 1 aliphatic carbocycles. The third-order valence-corrected chi connectivity index (χ3v) is 4.72. The summed E-state index contributed by atoms with van der Waals surface area (Å²) in [5.74, 6) is 0.528. The highest BCUT2D eigenvalue weighted by Gasteiger charge is 2.19. The fourth-order valence-electron chi connectivity index (χ4n) is 3.37. The van der Waals surface area contributed by atoms with Gasteiger partial charge in [-0.3, -0.25) is 0 Å². The molecule has 0 aliphatic heterocycles. The highest BCUT2D eigenvalue weighted by molar-refractivity contribution is 6.07. The highest BCUT2D eigenvalue weighted by Crippen LogP contribution is 2.23. The van der Waals surface area contributed by atoms with Crippen LogP contribution in [0.1, 0.15) is 43.2 Å². The van der Waals surface area contributed by atoms with Gasteiger partial charge in [-0.05, 0) is 36.6 Å². The van der Waals surface area contributed by atoms with E-state index >= 15 is 0 Å². The predicted octanol–water partition coefficient (Wildman–Crippen LogP) is 5.28. The Morgan fingerprint density at radius 1 is 0.917 bits per heavy atom. The molecule has 0 aromatic heterocycles. The zero-order chi connectivity index (χ0) is 16.6. The standard InChI is InChI=1S/C22H25NO/c24-23(18-20-12-6-2-7-13-20)22(21-14-8-3-9-15-21)17-16-19-10-4-1-5-11-19/h1,3-5,8-11,14-17,20H,2,6-7,12-13,18H2/b17-16+,23-22+. The average Bonchev–Trinajstić information content (AvgIpc) is 2.64. The Morgan fingerprint density at radius 2 is 1.54 bits per heavy atom. The van der Waals surface area contributed by atoms with Gasteiger partial charge in [0, 0.05) is 17.6 Å². The quantitative estimate of drug-likeness (QED) is 0.319. The first-order valence-electron chi connectivity index (χ1n) is 8.93. The Morgan fingerprint density at radius 3 is 2.21 bits per heavy atom. The molecule has 1 fully saturated rings. The van der Waals surface area contributed by atoms with E-state index in [4.69, 9.17) is 0 Å². The first-order chi connectivity index (χ1) is 11.8. The van der Waals surface area contributed by atoms with Gasteiger partial charge >= 0.3 is 0 Å². The Bertz CT molecular complexity index is 682. The van der Waals surface area contributed by atoms with Gasteiger partial charge in [-0.15, -0.1) is 0 Å². The van der Waals surface area contributed by atoms with Gasteiger partial charge in [-0.1, -0.05) is 67.8 Å². The number of rotatable bonds is 5. The van der Waals surface area contributed by atoms with Gasteiger partial charge in [-0.25, -0.2) is 4.74 Å². The summed E-state index contributed by atoms with van der Waals surface area (Å²) in [7, 11) is 0. The van der Waals surface area contributed by atoms with E-state index in [1.807, 2.05) is 60.7 Å². The number of allylic oxidation sites excluding steroid dienone is 1. The van der Waals surface area contributed by atoms with Crippen LogP contribution < -0.4 is 0 Å². The molecule has 1 saturated carbocycles. The fourth-order valence-corrected chi connectivity index (χ4v) is 3.37. The van der Waals surface area contributed by atoms with Crippen LogP contribution in [0, 0.1) is 11.1 Å². The molecule has 0 amide bonds. The summed E-state index contributed by atoms with van der Waals surface area (Å²) in [4.78, 5) is 0. The van der Waals surface area contributed by atoms with E-state index in [-0.39, 0.29) is 0 Å². The van der Waals surface area contributed by atoms with Crippen LogP contribution in [-0.4, -0.2) is 17.0 Å². The van der Waals surface area contributed by atoms with Crippen molar-refractivity contribution in [3.8, 4) is 0 Å². The molecule has 0 unspecified atom stereocenters. The lowest BCUT2D eigenvalue weighted by Crippen LogP contribution is -2.23. The third kappa shape index (κ3) is 4.58. The van der Waals surface area contributed by atoms with Crippen molar-refractivity contribution in [2.24, 2.45) is 5.92 Å². The zero-order valence-corrected chi connectivity index (χ0v) is 14.1. The van der Waals surface area contributed by atoms with E-state index in [0.717, 1.165) is 16.8 Å². The van der Waals surface area contributed by atoms with Crippen molar-refractivity contribution < 1.29 is 4.74 Å². The molecular weight excluding hydrogens is 294 g/mol. The molecular formula is C22H25NO. The van der Waals surface area contributed by atoms with Crippen molar-refractivity contribution >= 4 is 11.8 Å². The Kier molecular flexibility index (Phi) is 5.84. The largest absolute Gasteiger partial charge is 0.623 e. The molecule has 0 radical (unpaired) electrons. The van der Waals surface area contributed by atoms with Crippen molar-refractivity contribution in [3.05, 3.63) is 83.1 Å². The maximum atomic E-state index is 12.9. The van der Waals surface area contributed by atoms with Crippen molar-refractivity contribution in [1.29, 1.82) is 0 Å². The van der Waals surface area contributed by atoms with Crippen molar-refractivity contribution in [2.75, 3.05) is 6.54 Å². The van der Waals surface area contributed by atoms with Crippen LogP contribution >= 0.6 is 0 Å². The number of nitrogens with zero attached hydrogens (tertiary/aromatic N) is 1. The summed E-state index contributed by atoms with van der Waals surface area (Å²) >= 11 is 0. The second kappa shape index (κ2) is 8.49. The summed E-state index contributed by atoms with van der Waals surface area (Å²) in [5, 5.41) is 12.9. The summed E-state index contributed by atoms with van der Waals surface area (Å²) in [6.07, 6.45) is 10.2. The van der Waals surface area contributed by atoms with Gasteiger partial charge in [0.1, 0.15) is 0 Å². The summed E-state index contributed by atoms with van der Waals surface area (Å²) in [5.41, 5.74) is 2.84. The van der Waals surface area contributed by atoms with E-state index in [1.165, 1.54) is 36.8 Å². The van der Waals surface area contributed by atoms with E-state index in [2.05, 4.69) is 12.1 Å². The van der Waals surface area contributed by atoms with Gasteiger partial charge in [0.05, 0.1) is 0 Å². The molecule has 0 N–H and O–H groups in total. The Labute approximate surface area is 144 Å². The number of hydroxylamine groups is 1. The summed E-state index contributed by atoms with van der Waals surface area (Å²) in [6, 6.07) is 20.1. The van der Waals surface area contributed by atoms with Gasteiger partial charge < -0.3 is 5.21 Å². The summed E-state index contributed by atoms with van der Waals surface area (Å²) < 4.78 is 1.20. The lowest BCUT2D eigenvalue weighted by Gasteiger charge is -2.21. The molecule has 2 aromatic rings. The van der Waals surface area contributed by atoms with Gasteiger partial charge in [0.2, 0.25) is 5.71 Å². The molecule has 0 saturated heterocycles. The highest BCUT2D eigenvalue weighted by atomic mass is 16.5. The molecule has 0 atom stereocenters. The number of benzene rings is 2. The van der Waals surface area contributed by atoms with Gasteiger partial charge in [0.25, 0.3) is 0 Å². The maximum Gasteiger partial charge on any atom is 0.218 e. The van der Waals surface area contributed by atoms with Crippen LogP contribution in [-0.2, 0) is 0 Å². The SMILES string of the molecule is [O-]/[N+](CC1CCCCC1)=C(\C=C\c1ccccc1)c1ccccc1. The predicted molar refractivity (Wildman–Crippen MR) is 101 cm³/mol. The molecule has 2 heteroatoms. The lowest BCUT2D eigenvalue weighted by atomic mass is 9.89. The van der Waals surface area contributed by atoms with Gasteiger partial charge in [0.15, 0.2) is 6.54 Å². The van der Waals surface area contributed by atoms with Crippen LogP contribution in [0.4, 0.5) is 0 Å². The van der Waals surface area contributed by atoms with Crippen LogP contribution in [0.2, 0.25) is 0 Å². The van der Waals surface area contributed by atoms with Crippen LogP contribution in [0.25, 0.3) is 6.08 Å². The fraction of sp³-hybridized carbons (Fsp3) is 0.318. The monoisotopic (exact) mass is 319 g/mol. The average molecular weight is 319 g/mol. The van der Waals surface area contributed by atoms with E-state index in [0.29, 0.717) is 12.5 Å². The van der Waals surface area contributed by atoms with E-state index in [9.17, 15) is 5.21 Å². The normalized spacial score (nSPS) is 17.0. The number of hydrogen-bond acceptors (Lipinski definition) is 1. The smallest absolute Gasteiger partial charge is 0.218 e. The van der Waals surface area contributed by atoms with Gasteiger partial charge in [-0.2, -0.15) is 0 Å². The van der Waals surface area contributed by atoms with Crippen LogP contribution in [0.15, 0.2) is 66.7 Å². The molecule has 1 aliphatic rings. The molecule has 0 bridgehead atoms. The Balaban J connectivity index is 1.86. The second-order valence-electron chi connectivity index (χ2n) is 6.56. The summed E-state index contributed by atoms with van der Waals surface area (Å²) in [6.45, 7) is 0.601. The lowest BCUT2D eigenvalue weighted by molar-refractivity contribution is -0.466. The first kappa shape index (κ1) is 16.5. The van der Waals surface area contributed by atoms with Crippen molar-refractivity contribution in [3.63, 3.8) is 0 Å². The molecule has 24 heavy (non-hydrogen) atoms. The molecule has 2 nitrogen and oxygen atoms in total. The van der Waals surface area contributed by atoms with E-state index < -0.39 is 0 Å². The zero-order valence-electron chi connectivity index (χ0n) is 14.1. The molecule has 2 aromatic carbocycles. The van der Waals surface area contributed by atoms with Crippen molar-refractivity contribution in [1.82, 2.24) is 0 Å². The minimum Gasteiger partial charge on any atom is -0.623 e. The van der Waals surface area contributed by atoms with Crippen LogP contribution in [0.3, 0.4) is 0 Å². The third-order valence-electron chi connectivity index (χ3n) is 4.72. The minimum absolute atomic E-state index is 0.528. The number of hydrogen-bond donors (Lipinski definition) is 0. The maximum absolute atomic E-state index is 12.9. The molecule has 124 valence electrons.